The number of ether oxygens (including phenoxy) is 1. The predicted molar refractivity (Wildman–Crippen MR) is 133 cm³/mol. The third-order valence-electron chi connectivity index (χ3n) is 7.25. The van der Waals surface area contributed by atoms with Gasteiger partial charge in [-0.2, -0.15) is 0 Å². The number of carbonyl (C=O) groups excluding carboxylic acids is 2. The maximum Gasteiger partial charge on any atom is 0.324 e. The Morgan fingerprint density at radius 1 is 0.912 bits per heavy atom. The maximum atomic E-state index is 14.4. The van der Waals surface area contributed by atoms with Gasteiger partial charge >= 0.3 is 5.97 Å². The van der Waals surface area contributed by atoms with Crippen molar-refractivity contribution in [3.05, 3.63) is 107 Å². The molecule has 174 valence electrons. The van der Waals surface area contributed by atoms with Crippen LogP contribution in [0.5, 0.6) is 0 Å². The van der Waals surface area contributed by atoms with Gasteiger partial charge in [-0.1, -0.05) is 78.9 Å². The van der Waals surface area contributed by atoms with Crippen LogP contribution in [0.25, 0.3) is 0 Å². The van der Waals surface area contributed by atoms with Crippen LogP contribution in [0.15, 0.2) is 78.9 Å². The molecule has 5 rings (SSSR count). The number of Topliss-reactive ketones (excluding diaryl/α,β-unsaturated/α-hetero) is 1. The minimum Gasteiger partial charge on any atom is -0.459 e. The molecule has 1 spiro atoms. The molecule has 3 aromatic carbocycles. The summed E-state index contributed by atoms with van der Waals surface area (Å²) in [4.78, 5) is 28.0. The lowest BCUT2D eigenvalue weighted by Crippen LogP contribution is -2.42. The van der Waals surface area contributed by atoms with E-state index in [4.69, 9.17) is 4.74 Å². The highest BCUT2D eigenvalue weighted by atomic mass is 16.6. The Hall–Kier alpha value is -3.24. The highest BCUT2D eigenvalue weighted by Crippen LogP contribution is 2.60. The Labute approximate surface area is 201 Å². The molecule has 0 aromatic heterocycles. The molecule has 3 aromatic rings. The second-order valence-electron chi connectivity index (χ2n) is 10.6. The summed E-state index contributed by atoms with van der Waals surface area (Å²) in [6.07, 6.45) is 0.583. The zero-order chi connectivity index (χ0) is 24.1. The largest absolute Gasteiger partial charge is 0.459 e. The molecule has 0 unspecified atom stereocenters. The van der Waals surface area contributed by atoms with Crippen LogP contribution >= 0.6 is 0 Å². The Balaban J connectivity index is 1.73. The molecule has 1 heterocycles. The van der Waals surface area contributed by atoms with E-state index in [-0.39, 0.29) is 23.7 Å². The molecular weight excluding hydrogens is 422 g/mol. The number of esters is 1. The molecule has 0 radical (unpaired) electrons. The molecule has 0 bridgehead atoms. The SMILES string of the molecule is Cc1cccc2c1C[C@]1(C2=O)[C@H](c2ccccc2)[C@@H](C(=O)OC(C)(C)C)N[C@H]1c1ccccc1. The Morgan fingerprint density at radius 2 is 1.53 bits per heavy atom. The monoisotopic (exact) mass is 453 g/mol. The zero-order valence-electron chi connectivity index (χ0n) is 20.2. The number of ketones is 1. The molecular formula is C30H31NO3. The van der Waals surface area contributed by atoms with Crippen molar-refractivity contribution in [3.8, 4) is 0 Å². The number of aryl methyl sites for hydroxylation is 1. The third-order valence-corrected chi connectivity index (χ3v) is 7.25. The van der Waals surface area contributed by atoms with Gasteiger partial charge in [0.25, 0.3) is 0 Å². The van der Waals surface area contributed by atoms with Gasteiger partial charge in [0.2, 0.25) is 0 Å². The van der Waals surface area contributed by atoms with Crippen molar-refractivity contribution in [1.29, 1.82) is 0 Å². The first-order chi connectivity index (χ1) is 16.2. The standard InChI is InChI=1S/C30H31NO3/c1-19-12-11-17-22-23(19)18-30(27(22)32)24(20-13-7-5-8-14-20)25(28(33)34-29(2,3)4)31-26(30)21-15-9-6-10-16-21/h5-17,24-26,31H,18H2,1-4H3/t24-,25+,26+,30+/m1/s1. The first kappa shape index (κ1) is 22.5. The van der Waals surface area contributed by atoms with Crippen LogP contribution < -0.4 is 5.32 Å². The number of nitrogens with one attached hydrogen (secondary N) is 1. The molecule has 1 aliphatic carbocycles. The van der Waals surface area contributed by atoms with Gasteiger partial charge in [-0.3, -0.25) is 14.9 Å². The van der Waals surface area contributed by atoms with Gasteiger partial charge in [0.1, 0.15) is 11.6 Å². The van der Waals surface area contributed by atoms with Crippen molar-refractivity contribution < 1.29 is 14.3 Å². The second kappa shape index (κ2) is 8.21. The van der Waals surface area contributed by atoms with Crippen LogP contribution in [0.2, 0.25) is 0 Å². The fourth-order valence-corrected chi connectivity index (χ4v) is 5.92. The molecule has 0 amide bonds. The highest BCUT2D eigenvalue weighted by molar-refractivity contribution is 6.07. The molecule has 1 saturated heterocycles. The second-order valence-corrected chi connectivity index (χ2v) is 10.6. The molecule has 1 fully saturated rings. The molecule has 0 saturated carbocycles. The van der Waals surface area contributed by atoms with Gasteiger partial charge in [-0.25, -0.2) is 0 Å². The number of carbonyl (C=O) groups is 2. The average molecular weight is 454 g/mol. The van der Waals surface area contributed by atoms with E-state index in [1.165, 1.54) is 0 Å². The smallest absolute Gasteiger partial charge is 0.324 e. The van der Waals surface area contributed by atoms with Gasteiger partial charge in [0.15, 0.2) is 5.78 Å². The quantitative estimate of drug-likeness (QED) is 0.528. The molecule has 4 heteroatoms. The van der Waals surface area contributed by atoms with Crippen LogP contribution in [-0.2, 0) is 16.0 Å². The summed E-state index contributed by atoms with van der Waals surface area (Å²) < 4.78 is 5.88. The first-order valence-corrected chi connectivity index (χ1v) is 11.9. The van der Waals surface area contributed by atoms with E-state index >= 15 is 0 Å². The van der Waals surface area contributed by atoms with Gasteiger partial charge in [0.05, 0.1) is 5.41 Å². The number of hydrogen-bond donors (Lipinski definition) is 1. The van der Waals surface area contributed by atoms with Crippen LogP contribution in [0.4, 0.5) is 0 Å². The Kier molecular flexibility index (Phi) is 5.44. The Bertz CT molecular complexity index is 1230. The van der Waals surface area contributed by atoms with E-state index < -0.39 is 17.1 Å². The van der Waals surface area contributed by atoms with Gasteiger partial charge in [-0.05, 0) is 56.4 Å². The molecule has 1 aliphatic heterocycles. The summed E-state index contributed by atoms with van der Waals surface area (Å²) in [5.74, 6) is -0.583. The lowest BCUT2D eigenvalue weighted by atomic mass is 9.64. The van der Waals surface area contributed by atoms with E-state index in [1.54, 1.807) is 0 Å². The summed E-state index contributed by atoms with van der Waals surface area (Å²) in [6.45, 7) is 7.69. The highest BCUT2D eigenvalue weighted by Gasteiger charge is 2.65. The lowest BCUT2D eigenvalue weighted by molar-refractivity contribution is -0.157. The molecule has 4 nitrogen and oxygen atoms in total. The van der Waals surface area contributed by atoms with Crippen LogP contribution in [0, 0.1) is 12.3 Å². The van der Waals surface area contributed by atoms with Crippen molar-refractivity contribution in [2.45, 2.75) is 57.7 Å². The lowest BCUT2D eigenvalue weighted by Gasteiger charge is -2.36. The third kappa shape index (κ3) is 3.57. The average Bonchev–Trinajstić information content (AvgIpc) is 3.31. The topological polar surface area (TPSA) is 55.4 Å². The van der Waals surface area contributed by atoms with Crippen molar-refractivity contribution in [2.24, 2.45) is 5.41 Å². The minimum atomic E-state index is -0.835. The van der Waals surface area contributed by atoms with Gasteiger partial charge in [0, 0.05) is 17.5 Å². The summed E-state index contributed by atoms with van der Waals surface area (Å²) in [6, 6.07) is 25.0. The molecule has 1 N–H and O–H groups in total. The van der Waals surface area contributed by atoms with E-state index in [9.17, 15) is 9.59 Å². The first-order valence-electron chi connectivity index (χ1n) is 11.9. The summed E-state index contributed by atoms with van der Waals surface area (Å²) in [5, 5.41) is 3.60. The van der Waals surface area contributed by atoms with Crippen LogP contribution in [-0.4, -0.2) is 23.4 Å². The van der Waals surface area contributed by atoms with Crippen molar-refractivity contribution >= 4 is 11.8 Å². The van der Waals surface area contributed by atoms with Gasteiger partial charge in [-0.15, -0.1) is 0 Å². The van der Waals surface area contributed by atoms with Crippen molar-refractivity contribution in [2.75, 3.05) is 0 Å². The van der Waals surface area contributed by atoms with Crippen LogP contribution in [0.3, 0.4) is 0 Å². The number of rotatable bonds is 3. The van der Waals surface area contributed by atoms with E-state index in [0.29, 0.717) is 6.42 Å². The number of fused-ring (bicyclic) bond motifs is 1. The molecule has 2 aliphatic rings. The predicted octanol–water partition coefficient (Wildman–Crippen LogP) is 5.56. The normalized spacial score (nSPS) is 26.0. The van der Waals surface area contributed by atoms with Gasteiger partial charge < -0.3 is 4.74 Å². The maximum absolute atomic E-state index is 14.4. The fourth-order valence-electron chi connectivity index (χ4n) is 5.92. The zero-order valence-corrected chi connectivity index (χ0v) is 20.2. The van der Waals surface area contributed by atoms with E-state index in [1.807, 2.05) is 93.6 Å². The molecule has 4 atom stereocenters. The summed E-state index contributed by atoms with van der Waals surface area (Å²) in [7, 11) is 0. The summed E-state index contributed by atoms with van der Waals surface area (Å²) >= 11 is 0. The van der Waals surface area contributed by atoms with E-state index in [0.717, 1.165) is 27.8 Å². The van der Waals surface area contributed by atoms with Crippen molar-refractivity contribution in [1.82, 2.24) is 5.32 Å². The fraction of sp³-hybridized carbons (Fsp3) is 0.333. The Morgan fingerprint density at radius 3 is 2.12 bits per heavy atom. The number of benzene rings is 3. The van der Waals surface area contributed by atoms with Crippen LogP contribution in [0.1, 0.15) is 65.3 Å². The van der Waals surface area contributed by atoms with E-state index in [2.05, 4.69) is 18.3 Å². The molecule has 34 heavy (non-hydrogen) atoms. The van der Waals surface area contributed by atoms with Crippen molar-refractivity contribution in [3.63, 3.8) is 0 Å². The number of hydrogen-bond acceptors (Lipinski definition) is 4. The summed E-state index contributed by atoms with van der Waals surface area (Å²) in [5.41, 5.74) is 3.49. The minimum absolute atomic E-state index is 0.104.